The maximum Gasteiger partial charge on any atom is 0.435 e. The maximum absolute atomic E-state index is 12.3. The van der Waals surface area contributed by atoms with Crippen molar-refractivity contribution in [1.29, 1.82) is 0 Å². The second kappa shape index (κ2) is 4.05. The minimum Gasteiger partial charge on any atom is -0.260 e. The fourth-order valence-electron chi connectivity index (χ4n) is 0.974. The molecule has 0 saturated carbocycles. The summed E-state index contributed by atoms with van der Waals surface area (Å²) in [7, 11) is 0. The second-order valence-corrected chi connectivity index (χ2v) is 3.10. The highest BCUT2D eigenvalue weighted by Crippen LogP contribution is 2.31. The van der Waals surface area contributed by atoms with E-state index in [0.717, 1.165) is 4.68 Å². The smallest absolute Gasteiger partial charge is 0.260 e. The van der Waals surface area contributed by atoms with Crippen LogP contribution in [0.15, 0.2) is 6.20 Å². The predicted molar refractivity (Wildman–Crippen MR) is 48.7 cm³/mol. The molecule has 0 radical (unpaired) electrons. The largest absolute Gasteiger partial charge is 0.435 e. The monoisotopic (exact) mass is 266 g/mol. The molecular formula is C8H6BrF3N2. The van der Waals surface area contributed by atoms with Crippen molar-refractivity contribution in [3.63, 3.8) is 0 Å². The number of alkyl halides is 4. The molecule has 0 aromatic carbocycles. The van der Waals surface area contributed by atoms with E-state index in [1.165, 1.54) is 6.20 Å². The van der Waals surface area contributed by atoms with E-state index in [4.69, 9.17) is 6.42 Å². The van der Waals surface area contributed by atoms with Gasteiger partial charge in [0.05, 0.1) is 0 Å². The fraction of sp³-hybridized carbons (Fsp3) is 0.375. The number of terminal acetylenes is 1. The molecular weight excluding hydrogens is 261 g/mol. The molecule has 0 N–H and O–H groups in total. The molecule has 0 bridgehead atoms. The van der Waals surface area contributed by atoms with Gasteiger partial charge < -0.3 is 0 Å². The van der Waals surface area contributed by atoms with E-state index in [2.05, 4.69) is 26.9 Å². The summed E-state index contributed by atoms with van der Waals surface area (Å²) in [6.45, 7) is 0.0378. The van der Waals surface area contributed by atoms with E-state index < -0.39 is 11.9 Å². The van der Waals surface area contributed by atoms with Gasteiger partial charge in [0.2, 0.25) is 0 Å². The van der Waals surface area contributed by atoms with Gasteiger partial charge in [0.15, 0.2) is 5.69 Å². The van der Waals surface area contributed by atoms with Gasteiger partial charge in [-0.1, -0.05) is 21.9 Å². The quantitative estimate of drug-likeness (QED) is 0.594. The highest BCUT2D eigenvalue weighted by molar-refractivity contribution is 9.08. The standard InChI is InChI=1S/C8H6BrF3N2/c1-2-3-14-5-6(4-9)7(13-14)8(10,11)12/h1,5H,3-4H2. The highest BCUT2D eigenvalue weighted by atomic mass is 79.9. The second-order valence-electron chi connectivity index (χ2n) is 2.54. The van der Waals surface area contributed by atoms with Gasteiger partial charge in [-0.3, -0.25) is 4.68 Å². The molecule has 0 saturated heterocycles. The Hall–Kier alpha value is -0.960. The SMILES string of the molecule is C#CCn1cc(CBr)c(C(F)(F)F)n1. The van der Waals surface area contributed by atoms with Crippen LogP contribution in [0.25, 0.3) is 0 Å². The Balaban J connectivity index is 3.10. The summed E-state index contributed by atoms with van der Waals surface area (Å²) in [5.74, 6) is 2.22. The first-order chi connectivity index (χ1) is 6.49. The van der Waals surface area contributed by atoms with Crippen LogP contribution in [-0.4, -0.2) is 9.78 Å². The van der Waals surface area contributed by atoms with E-state index in [1.807, 2.05) is 0 Å². The molecule has 0 aliphatic heterocycles. The molecule has 6 heteroatoms. The van der Waals surface area contributed by atoms with Crippen LogP contribution >= 0.6 is 15.9 Å². The zero-order chi connectivity index (χ0) is 10.8. The first-order valence-corrected chi connectivity index (χ1v) is 4.74. The maximum atomic E-state index is 12.3. The molecule has 1 heterocycles. The molecule has 0 fully saturated rings. The van der Waals surface area contributed by atoms with E-state index in [0.29, 0.717) is 0 Å². The molecule has 1 aromatic heterocycles. The van der Waals surface area contributed by atoms with Crippen LogP contribution < -0.4 is 0 Å². The molecule has 0 aliphatic rings. The van der Waals surface area contributed by atoms with Crippen molar-refractivity contribution < 1.29 is 13.2 Å². The summed E-state index contributed by atoms with van der Waals surface area (Å²) >= 11 is 2.96. The lowest BCUT2D eigenvalue weighted by atomic mass is 10.3. The molecule has 2 nitrogen and oxygen atoms in total. The van der Waals surface area contributed by atoms with Crippen molar-refractivity contribution in [2.75, 3.05) is 0 Å². The fourth-order valence-corrected chi connectivity index (χ4v) is 1.38. The van der Waals surface area contributed by atoms with Crippen LogP contribution in [0.4, 0.5) is 13.2 Å². The van der Waals surface area contributed by atoms with Crippen LogP contribution in [0, 0.1) is 12.3 Å². The van der Waals surface area contributed by atoms with Crippen molar-refractivity contribution in [2.24, 2.45) is 0 Å². The Morgan fingerprint density at radius 2 is 2.21 bits per heavy atom. The third-order valence-corrected chi connectivity index (χ3v) is 2.11. The lowest BCUT2D eigenvalue weighted by Crippen LogP contribution is -2.09. The van der Waals surface area contributed by atoms with Crippen LogP contribution in [0.3, 0.4) is 0 Å². The average molecular weight is 267 g/mol. The summed E-state index contributed by atoms with van der Waals surface area (Å²) in [6.07, 6.45) is 1.83. The Morgan fingerprint density at radius 1 is 1.57 bits per heavy atom. The zero-order valence-corrected chi connectivity index (χ0v) is 8.56. The van der Waals surface area contributed by atoms with Gasteiger partial charge in [-0.05, 0) is 0 Å². The van der Waals surface area contributed by atoms with Gasteiger partial charge in [0, 0.05) is 17.1 Å². The van der Waals surface area contributed by atoms with Crippen molar-refractivity contribution in [3.05, 3.63) is 17.5 Å². The Morgan fingerprint density at radius 3 is 2.57 bits per heavy atom. The van der Waals surface area contributed by atoms with Crippen LogP contribution in [0.5, 0.6) is 0 Å². The summed E-state index contributed by atoms with van der Waals surface area (Å²) < 4.78 is 38.1. The van der Waals surface area contributed by atoms with Crippen LogP contribution in [-0.2, 0) is 18.1 Å². The lowest BCUT2D eigenvalue weighted by molar-refractivity contribution is -0.141. The molecule has 0 atom stereocenters. The average Bonchev–Trinajstić information content (AvgIpc) is 2.47. The molecule has 0 aliphatic carbocycles. The normalized spacial score (nSPS) is 11.4. The minimum atomic E-state index is -4.43. The Bertz CT molecular complexity index is 362. The summed E-state index contributed by atoms with van der Waals surface area (Å²) in [6, 6.07) is 0. The van der Waals surface area contributed by atoms with Gasteiger partial charge in [-0.15, -0.1) is 6.42 Å². The van der Waals surface area contributed by atoms with Crippen molar-refractivity contribution in [2.45, 2.75) is 18.1 Å². The predicted octanol–water partition coefficient (Wildman–Crippen LogP) is 2.43. The van der Waals surface area contributed by atoms with Gasteiger partial charge in [0.25, 0.3) is 0 Å². The van der Waals surface area contributed by atoms with Crippen LogP contribution in [0.2, 0.25) is 0 Å². The van der Waals surface area contributed by atoms with E-state index >= 15 is 0 Å². The van der Waals surface area contributed by atoms with Gasteiger partial charge >= 0.3 is 6.18 Å². The Kier molecular flexibility index (Phi) is 3.21. The molecule has 0 amide bonds. The van der Waals surface area contributed by atoms with E-state index in [1.54, 1.807) is 0 Å². The third-order valence-electron chi connectivity index (χ3n) is 1.50. The topological polar surface area (TPSA) is 17.8 Å². The summed E-state index contributed by atoms with van der Waals surface area (Å²) in [5, 5.41) is 3.46. The number of hydrogen-bond donors (Lipinski definition) is 0. The molecule has 1 aromatic rings. The van der Waals surface area contributed by atoms with Gasteiger partial charge in [0.1, 0.15) is 6.54 Å². The molecule has 0 spiro atoms. The van der Waals surface area contributed by atoms with E-state index in [9.17, 15) is 13.2 Å². The molecule has 1 rings (SSSR count). The molecule has 14 heavy (non-hydrogen) atoms. The zero-order valence-electron chi connectivity index (χ0n) is 6.98. The van der Waals surface area contributed by atoms with Crippen molar-refractivity contribution in [3.8, 4) is 12.3 Å². The lowest BCUT2D eigenvalue weighted by Gasteiger charge is -2.02. The van der Waals surface area contributed by atoms with Crippen molar-refractivity contribution >= 4 is 15.9 Å². The molecule has 76 valence electrons. The highest BCUT2D eigenvalue weighted by Gasteiger charge is 2.36. The van der Waals surface area contributed by atoms with Crippen molar-refractivity contribution in [1.82, 2.24) is 9.78 Å². The summed E-state index contributed by atoms with van der Waals surface area (Å²) in [5.41, 5.74) is -0.794. The van der Waals surface area contributed by atoms with Crippen LogP contribution in [0.1, 0.15) is 11.3 Å². The number of aromatic nitrogens is 2. The minimum absolute atomic E-state index is 0.0378. The molecule has 0 unspecified atom stereocenters. The Labute approximate surface area is 87.2 Å². The number of nitrogens with zero attached hydrogens (tertiary/aromatic N) is 2. The number of halogens is 4. The summed E-state index contributed by atoms with van der Waals surface area (Å²) in [4.78, 5) is 0. The third kappa shape index (κ3) is 2.29. The first kappa shape index (κ1) is 11.1. The van der Waals surface area contributed by atoms with Gasteiger partial charge in [-0.25, -0.2) is 0 Å². The number of hydrogen-bond acceptors (Lipinski definition) is 1. The van der Waals surface area contributed by atoms with E-state index in [-0.39, 0.29) is 17.4 Å². The van der Waals surface area contributed by atoms with Gasteiger partial charge in [-0.2, -0.15) is 18.3 Å². The first-order valence-electron chi connectivity index (χ1n) is 3.62. The number of rotatable bonds is 2.